The van der Waals surface area contributed by atoms with Gasteiger partial charge in [0.2, 0.25) is 5.88 Å². The van der Waals surface area contributed by atoms with E-state index in [0.717, 1.165) is 10.0 Å². The summed E-state index contributed by atoms with van der Waals surface area (Å²) in [5, 5.41) is 0.183. The van der Waals surface area contributed by atoms with Gasteiger partial charge in [0.1, 0.15) is 11.6 Å². The summed E-state index contributed by atoms with van der Waals surface area (Å²) >= 11 is 9.17. The van der Waals surface area contributed by atoms with Gasteiger partial charge in [-0.2, -0.15) is 0 Å². The number of nitrogens with two attached hydrogens (primary N) is 1. The van der Waals surface area contributed by atoms with Crippen LogP contribution in [-0.4, -0.2) is 4.98 Å². The van der Waals surface area contributed by atoms with Crippen LogP contribution in [0, 0.1) is 5.82 Å². The van der Waals surface area contributed by atoms with E-state index in [1.807, 2.05) is 0 Å². The van der Waals surface area contributed by atoms with Gasteiger partial charge >= 0.3 is 0 Å². The van der Waals surface area contributed by atoms with E-state index in [0.29, 0.717) is 11.6 Å². The van der Waals surface area contributed by atoms with Crippen LogP contribution in [0.25, 0.3) is 0 Å². The largest absolute Gasteiger partial charge is 0.437 e. The minimum Gasteiger partial charge on any atom is -0.437 e. The number of ether oxygens (including phenoxy) is 1. The zero-order valence-electron chi connectivity index (χ0n) is 9.16. The van der Waals surface area contributed by atoms with Crippen molar-refractivity contribution in [2.45, 2.75) is 6.54 Å². The summed E-state index contributed by atoms with van der Waals surface area (Å²) in [6.45, 7) is 0.278. The number of halogens is 3. The van der Waals surface area contributed by atoms with Crippen LogP contribution < -0.4 is 10.5 Å². The van der Waals surface area contributed by atoms with Gasteiger partial charge in [-0.15, -0.1) is 0 Å². The number of aromatic nitrogens is 1. The summed E-state index contributed by atoms with van der Waals surface area (Å²) in [6.07, 6.45) is 1.59. The molecule has 6 heteroatoms. The molecule has 0 unspecified atom stereocenters. The molecule has 3 nitrogen and oxygen atoms in total. The van der Waals surface area contributed by atoms with Gasteiger partial charge in [0.25, 0.3) is 0 Å². The van der Waals surface area contributed by atoms with Crippen molar-refractivity contribution in [1.29, 1.82) is 0 Å². The Morgan fingerprint density at radius 3 is 2.83 bits per heavy atom. The maximum atomic E-state index is 12.9. The van der Waals surface area contributed by atoms with E-state index in [9.17, 15) is 4.39 Å². The molecule has 0 spiro atoms. The third kappa shape index (κ3) is 2.98. The van der Waals surface area contributed by atoms with Crippen LogP contribution in [0.4, 0.5) is 4.39 Å². The molecule has 0 aliphatic heterocycles. The van der Waals surface area contributed by atoms with Crippen molar-refractivity contribution < 1.29 is 9.13 Å². The Balaban J connectivity index is 2.33. The minimum atomic E-state index is -0.421. The van der Waals surface area contributed by atoms with Crippen LogP contribution in [-0.2, 0) is 6.54 Å². The zero-order chi connectivity index (χ0) is 13.1. The molecule has 0 fully saturated rings. The highest BCUT2D eigenvalue weighted by Gasteiger charge is 2.09. The van der Waals surface area contributed by atoms with Gasteiger partial charge in [-0.3, -0.25) is 0 Å². The highest BCUT2D eigenvalue weighted by molar-refractivity contribution is 9.10. The van der Waals surface area contributed by atoms with Gasteiger partial charge < -0.3 is 10.5 Å². The van der Waals surface area contributed by atoms with Crippen LogP contribution in [0.2, 0.25) is 5.02 Å². The lowest BCUT2D eigenvalue weighted by molar-refractivity contribution is 0.455. The topological polar surface area (TPSA) is 48.1 Å². The van der Waals surface area contributed by atoms with Crippen molar-refractivity contribution >= 4 is 27.5 Å². The number of nitrogens with zero attached hydrogens (tertiary/aromatic N) is 1. The zero-order valence-corrected chi connectivity index (χ0v) is 11.5. The second-order valence-corrected chi connectivity index (χ2v) is 4.82. The maximum absolute atomic E-state index is 12.9. The van der Waals surface area contributed by atoms with E-state index in [1.165, 1.54) is 18.2 Å². The molecule has 18 heavy (non-hydrogen) atoms. The predicted octanol–water partition coefficient (Wildman–Crippen LogP) is 3.89. The maximum Gasteiger partial charge on any atom is 0.223 e. The first-order valence-electron chi connectivity index (χ1n) is 5.07. The molecular weight excluding hydrogens is 322 g/mol. The van der Waals surface area contributed by atoms with E-state index < -0.39 is 5.82 Å². The van der Waals surface area contributed by atoms with Crippen LogP contribution in [0.3, 0.4) is 0 Å². The van der Waals surface area contributed by atoms with Gasteiger partial charge in [-0.05, 0) is 40.2 Å². The molecule has 1 aromatic carbocycles. The van der Waals surface area contributed by atoms with Crippen LogP contribution in [0.1, 0.15) is 5.56 Å². The highest BCUT2D eigenvalue weighted by Crippen LogP contribution is 2.31. The molecule has 1 heterocycles. The Labute approximate surface area is 117 Å². The molecule has 1 aromatic heterocycles. The summed E-state index contributed by atoms with van der Waals surface area (Å²) in [5.74, 6) is 0.270. The summed E-state index contributed by atoms with van der Waals surface area (Å²) < 4.78 is 19.2. The van der Waals surface area contributed by atoms with Crippen molar-refractivity contribution in [3.8, 4) is 11.6 Å². The Morgan fingerprint density at radius 1 is 1.39 bits per heavy atom. The Bertz CT molecular complexity index is 580. The third-order valence-electron chi connectivity index (χ3n) is 2.21. The lowest BCUT2D eigenvalue weighted by Gasteiger charge is -2.10. The Kier molecular flexibility index (Phi) is 4.16. The van der Waals surface area contributed by atoms with Gasteiger partial charge in [0.05, 0.1) is 5.02 Å². The number of pyridine rings is 1. The highest BCUT2D eigenvalue weighted by atomic mass is 79.9. The smallest absolute Gasteiger partial charge is 0.223 e. The minimum absolute atomic E-state index is 0.183. The summed E-state index contributed by atoms with van der Waals surface area (Å²) in [5.41, 5.74) is 6.33. The van der Waals surface area contributed by atoms with Gasteiger partial charge in [0, 0.05) is 22.8 Å². The second-order valence-electron chi connectivity index (χ2n) is 3.50. The SMILES string of the molecule is NCc1cc(Br)cnc1Oc1ccc(F)cc1Cl. The number of hydrogen-bond donors (Lipinski definition) is 1. The summed E-state index contributed by atoms with van der Waals surface area (Å²) in [4.78, 5) is 4.11. The monoisotopic (exact) mass is 330 g/mol. The molecule has 0 aliphatic rings. The molecule has 0 aliphatic carbocycles. The third-order valence-corrected chi connectivity index (χ3v) is 2.94. The lowest BCUT2D eigenvalue weighted by atomic mass is 10.2. The fraction of sp³-hybridized carbons (Fsp3) is 0.0833. The van der Waals surface area contributed by atoms with E-state index in [1.54, 1.807) is 12.3 Å². The molecule has 2 aromatic rings. The first kappa shape index (κ1) is 13.3. The molecule has 0 saturated heterocycles. The number of benzene rings is 1. The molecule has 0 saturated carbocycles. The summed E-state index contributed by atoms with van der Waals surface area (Å²) in [7, 11) is 0. The van der Waals surface area contributed by atoms with Crippen LogP contribution in [0.15, 0.2) is 34.9 Å². The van der Waals surface area contributed by atoms with Gasteiger partial charge in [0.15, 0.2) is 0 Å². The quantitative estimate of drug-likeness (QED) is 0.928. The summed E-state index contributed by atoms with van der Waals surface area (Å²) in [6, 6.07) is 5.70. The van der Waals surface area contributed by atoms with E-state index >= 15 is 0 Å². The van der Waals surface area contributed by atoms with Crippen LogP contribution in [0.5, 0.6) is 11.6 Å². The van der Waals surface area contributed by atoms with E-state index in [-0.39, 0.29) is 11.6 Å². The standard InChI is InChI=1S/C12H9BrClFN2O/c13-8-3-7(5-16)12(17-6-8)18-11-2-1-9(15)4-10(11)14/h1-4,6H,5,16H2. The van der Waals surface area contributed by atoms with Crippen molar-refractivity contribution in [3.63, 3.8) is 0 Å². The normalized spacial score (nSPS) is 10.4. The van der Waals surface area contributed by atoms with Crippen molar-refractivity contribution in [2.24, 2.45) is 5.73 Å². The van der Waals surface area contributed by atoms with Crippen molar-refractivity contribution in [3.05, 3.63) is 51.3 Å². The fourth-order valence-electron chi connectivity index (χ4n) is 1.37. The Hall–Kier alpha value is -1.17. The van der Waals surface area contributed by atoms with E-state index in [2.05, 4.69) is 20.9 Å². The average molecular weight is 332 g/mol. The molecule has 0 atom stereocenters. The number of rotatable bonds is 3. The molecule has 94 valence electrons. The van der Waals surface area contributed by atoms with Crippen LogP contribution >= 0.6 is 27.5 Å². The second kappa shape index (κ2) is 5.65. The number of hydrogen-bond acceptors (Lipinski definition) is 3. The van der Waals surface area contributed by atoms with Gasteiger partial charge in [-0.1, -0.05) is 11.6 Å². The average Bonchev–Trinajstić information content (AvgIpc) is 2.34. The lowest BCUT2D eigenvalue weighted by Crippen LogP contribution is -2.01. The van der Waals surface area contributed by atoms with Crippen molar-refractivity contribution in [1.82, 2.24) is 4.98 Å². The molecule has 0 amide bonds. The molecule has 0 bridgehead atoms. The van der Waals surface area contributed by atoms with Crippen molar-refractivity contribution in [2.75, 3.05) is 0 Å². The molecule has 0 radical (unpaired) electrons. The predicted molar refractivity (Wildman–Crippen MR) is 71.3 cm³/mol. The molecule has 2 rings (SSSR count). The fourth-order valence-corrected chi connectivity index (χ4v) is 1.95. The first-order valence-corrected chi connectivity index (χ1v) is 6.24. The Morgan fingerprint density at radius 2 is 2.17 bits per heavy atom. The molecular formula is C12H9BrClFN2O. The first-order chi connectivity index (χ1) is 8.60. The van der Waals surface area contributed by atoms with E-state index in [4.69, 9.17) is 22.1 Å². The van der Waals surface area contributed by atoms with Gasteiger partial charge in [-0.25, -0.2) is 9.37 Å². The molecule has 2 N–H and O–H groups in total.